The van der Waals surface area contributed by atoms with E-state index < -0.39 is 15.1 Å². The number of rotatable bonds is 4. The molecule has 1 unspecified atom stereocenters. The summed E-state index contributed by atoms with van der Waals surface area (Å²) in [6.45, 7) is 0.0796. The van der Waals surface area contributed by atoms with Gasteiger partial charge in [-0.25, -0.2) is 12.8 Å². The Kier molecular flexibility index (Phi) is 3.82. The molecular weight excluding hydrogens is 217 g/mol. The van der Waals surface area contributed by atoms with Gasteiger partial charge in [-0.1, -0.05) is 12.1 Å². The Morgan fingerprint density at radius 2 is 1.87 bits per heavy atom. The normalized spacial score (nSPS) is 13.8. The molecule has 0 radical (unpaired) electrons. The van der Waals surface area contributed by atoms with Gasteiger partial charge in [0.1, 0.15) is 5.82 Å². The fourth-order valence-corrected chi connectivity index (χ4v) is 2.14. The third-order valence-electron chi connectivity index (χ3n) is 2.25. The van der Waals surface area contributed by atoms with Crippen molar-refractivity contribution in [3.63, 3.8) is 0 Å². The molecule has 0 spiro atoms. The van der Waals surface area contributed by atoms with E-state index in [4.69, 9.17) is 5.73 Å². The van der Waals surface area contributed by atoms with E-state index in [1.165, 1.54) is 12.1 Å². The molecule has 5 heteroatoms. The fourth-order valence-electron chi connectivity index (χ4n) is 1.29. The molecule has 0 aliphatic rings. The quantitative estimate of drug-likeness (QED) is 0.831. The highest BCUT2D eigenvalue weighted by atomic mass is 32.2. The van der Waals surface area contributed by atoms with Crippen molar-refractivity contribution >= 4 is 9.84 Å². The molecule has 1 aromatic carbocycles. The topological polar surface area (TPSA) is 60.2 Å². The van der Waals surface area contributed by atoms with Crippen LogP contribution in [0.15, 0.2) is 24.3 Å². The van der Waals surface area contributed by atoms with Crippen LogP contribution >= 0.6 is 0 Å². The summed E-state index contributed by atoms with van der Waals surface area (Å²) in [5.41, 5.74) is 6.16. The number of benzene rings is 1. The van der Waals surface area contributed by atoms with Crippen LogP contribution in [-0.2, 0) is 16.3 Å². The van der Waals surface area contributed by atoms with Gasteiger partial charge >= 0.3 is 0 Å². The third-order valence-corrected chi connectivity index (χ3v) is 3.82. The van der Waals surface area contributed by atoms with E-state index in [9.17, 15) is 12.8 Å². The van der Waals surface area contributed by atoms with Crippen molar-refractivity contribution in [1.82, 2.24) is 0 Å². The molecule has 0 amide bonds. The summed E-state index contributed by atoms with van der Waals surface area (Å²) >= 11 is 0. The van der Waals surface area contributed by atoms with Crippen LogP contribution in [0.3, 0.4) is 0 Å². The van der Waals surface area contributed by atoms with Crippen LogP contribution in [0.4, 0.5) is 4.39 Å². The van der Waals surface area contributed by atoms with Crippen LogP contribution in [0.2, 0.25) is 0 Å². The number of halogens is 1. The van der Waals surface area contributed by atoms with Crippen LogP contribution in [-0.4, -0.2) is 26.5 Å². The van der Waals surface area contributed by atoms with Gasteiger partial charge in [-0.05, 0) is 24.1 Å². The van der Waals surface area contributed by atoms with Crippen molar-refractivity contribution in [2.45, 2.75) is 11.7 Å². The zero-order valence-corrected chi connectivity index (χ0v) is 9.30. The van der Waals surface area contributed by atoms with Crippen molar-refractivity contribution in [1.29, 1.82) is 0 Å². The maximum absolute atomic E-state index is 12.6. The first-order valence-corrected chi connectivity index (χ1v) is 6.52. The zero-order valence-electron chi connectivity index (χ0n) is 8.48. The summed E-state index contributed by atoms with van der Waals surface area (Å²) < 4.78 is 35.2. The lowest BCUT2D eigenvalue weighted by Gasteiger charge is -2.12. The van der Waals surface area contributed by atoms with Gasteiger partial charge in [0.25, 0.3) is 0 Å². The summed E-state index contributed by atoms with van der Waals surface area (Å²) in [4.78, 5) is 0. The van der Waals surface area contributed by atoms with Crippen LogP contribution in [0, 0.1) is 5.82 Å². The van der Waals surface area contributed by atoms with Crippen molar-refractivity contribution < 1.29 is 12.8 Å². The van der Waals surface area contributed by atoms with Gasteiger partial charge in [0.2, 0.25) is 0 Å². The van der Waals surface area contributed by atoms with E-state index in [1.54, 1.807) is 12.1 Å². The van der Waals surface area contributed by atoms with Crippen LogP contribution < -0.4 is 5.73 Å². The maximum Gasteiger partial charge on any atom is 0.151 e. The second-order valence-corrected chi connectivity index (χ2v) is 5.84. The van der Waals surface area contributed by atoms with E-state index in [2.05, 4.69) is 0 Å². The molecular formula is C10H14FNO2S. The minimum atomic E-state index is -3.14. The Morgan fingerprint density at radius 3 is 2.27 bits per heavy atom. The number of hydrogen-bond acceptors (Lipinski definition) is 3. The van der Waals surface area contributed by atoms with Gasteiger partial charge in [0, 0.05) is 12.8 Å². The predicted molar refractivity (Wildman–Crippen MR) is 57.8 cm³/mol. The molecule has 15 heavy (non-hydrogen) atoms. The Labute approximate surface area is 89.0 Å². The van der Waals surface area contributed by atoms with E-state index >= 15 is 0 Å². The van der Waals surface area contributed by atoms with E-state index in [0.717, 1.165) is 11.8 Å². The van der Waals surface area contributed by atoms with Gasteiger partial charge in [-0.15, -0.1) is 0 Å². The Bertz CT molecular complexity index is 414. The Morgan fingerprint density at radius 1 is 1.33 bits per heavy atom. The molecule has 0 aliphatic heterocycles. The number of sulfone groups is 1. The predicted octanol–water partition coefficient (Wildman–Crippen LogP) is 0.740. The Hall–Kier alpha value is -0.940. The van der Waals surface area contributed by atoms with E-state index in [1.807, 2.05) is 0 Å². The first-order chi connectivity index (χ1) is 6.93. The molecule has 0 saturated heterocycles. The molecule has 84 valence electrons. The summed E-state index contributed by atoms with van der Waals surface area (Å²) in [6.07, 6.45) is 1.49. The molecule has 1 atom stereocenters. The summed E-state index contributed by atoms with van der Waals surface area (Å²) in [5, 5.41) is -0.594. The second kappa shape index (κ2) is 4.72. The van der Waals surface area contributed by atoms with Crippen molar-refractivity contribution in [2.75, 3.05) is 12.8 Å². The van der Waals surface area contributed by atoms with Gasteiger partial charge in [-0.3, -0.25) is 0 Å². The molecule has 0 heterocycles. The van der Waals surface area contributed by atoms with Crippen LogP contribution in [0.5, 0.6) is 0 Å². The fraction of sp³-hybridized carbons (Fsp3) is 0.400. The molecule has 2 N–H and O–H groups in total. The van der Waals surface area contributed by atoms with Crippen LogP contribution in [0.25, 0.3) is 0 Å². The maximum atomic E-state index is 12.6. The highest BCUT2D eigenvalue weighted by Crippen LogP contribution is 2.09. The SMILES string of the molecule is CS(=O)(=O)C(CN)Cc1ccc(F)cc1. The molecule has 0 aromatic heterocycles. The van der Waals surface area contributed by atoms with Gasteiger partial charge < -0.3 is 5.73 Å². The average Bonchev–Trinajstić information content (AvgIpc) is 2.15. The van der Waals surface area contributed by atoms with Gasteiger partial charge in [0.05, 0.1) is 5.25 Å². The summed E-state index contributed by atoms with van der Waals surface area (Å²) in [5.74, 6) is -0.331. The lowest BCUT2D eigenvalue weighted by atomic mass is 10.1. The first kappa shape index (κ1) is 12.1. The minimum absolute atomic E-state index is 0.0796. The summed E-state index contributed by atoms with van der Waals surface area (Å²) in [7, 11) is -3.14. The monoisotopic (exact) mass is 231 g/mol. The number of nitrogens with two attached hydrogens (primary N) is 1. The molecule has 0 bridgehead atoms. The largest absolute Gasteiger partial charge is 0.329 e. The smallest absolute Gasteiger partial charge is 0.151 e. The third kappa shape index (κ3) is 3.60. The van der Waals surface area contributed by atoms with Crippen molar-refractivity contribution in [3.8, 4) is 0 Å². The van der Waals surface area contributed by atoms with Crippen molar-refractivity contribution in [2.24, 2.45) is 5.73 Å². The molecule has 1 aromatic rings. The molecule has 0 fully saturated rings. The lowest BCUT2D eigenvalue weighted by molar-refractivity contribution is 0.584. The number of hydrogen-bond donors (Lipinski definition) is 1. The second-order valence-electron chi connectivity index (χ2n) is 3.52. The summed E-state index contributed by atoms with van der Waals surface area (Å²) in [6, 6.07) is 5.77. The van der Waals surface area contributed by atoms with Gasteiger partial charge in [-0.2, -0.15) is 0 Å². The molecule has 1 rings (SSSR count). The van der Waals surface area contributed by atoms with E-state index in [0.29, 0.717) is 6.42 Å². The average molecular weight is 231 g/mol. The first-order valence-electron chi connectivity index (χ1n) is 4.57. The van der Waals surface area contributed by atoms with Gasteiger partial charge in [0.15, 0.2) is 9.84 Å². The molecule has 3 nitrogen and oxygen atoms in total. The highest BCUT2D eigenvalue weighted by molar-refractivity contribution is 7.91. The highest BCUT2D eigenvalue weighted by Gasteiger charge is 2.19. The Balaban J connectivity index is 2.80. The lowest BCUT2D eigenvalue weighted by Crippen LogP contribution is -2.30. The molecule has 0 saturated carbocycles. The standard InChI is InChI=1S/C10H14FNO2S/c1-15(13,14)10(7-12)6-8-2-4-9(11)5-3-8/h2-5,10H,6-7,12H2,1H3. The van der Waals surface area contributed by atoms with E-state index in [-0.39, 0.29) is 12.4 Å². The van der Waals surface area contributed by atoms with Crippen LogP contribution in [0.1, 0.15) is 5.56 Å². The van der Waals surface area contributed by atoms with Crippen molar-refractivity contribution in [3.05, 3.63) is 35.6 Å². The minimum Gasteiger partial charge on any atom is -0.329 e. The molecule has 0 aliphatic carbocycles. The zero-order chi connectivity index (χ0) is 11.5.